The summed E-state index contributed by atoms with van der Waals surface area (Å²) in [4.78, 5) is 16.2. The number of nitrogens with zero attached hydrogens (tertiary/aromatic N) is 1. The molecule has 2 aromatic rings. The van der Waals surface area contributed by atoms with Crippen molar-refractivity contribution in [1.29, 1.82) is 0 Å². The van der Waals surface area contributed by atoms with Gasteiger partial charge < -0.3 is 10.6 Å². The Labute approximate surface area is 127 Å². The summed E-state index contributed by atoms with van der Waals surface area (Å²) in [6, 6.07) is 7.42. The minimum absolute atomic E-state index is 0.0370. The van der Waals surface area contributed by atoms with Crippen LogP contribution in [0.4, 0.5) is 15.9 Å². The van der Waals surface area contributed by atoms with Gasteiger partial charge in [-0.2, -0.15) is 0 Å². The van der Waals surface area contributed by atoms with Crippen molar-refractivity contribution in [2.45, 2.75) is 13.3 Å². The molecule has 4 nitrogen and oxygen atoms in total. The lowest BCUT2D eigenvalue weighted by Gasteiger charge is -2.07. The molecule has 0 aliphatic carbocycles. The Balaban J connectivity index is 2.04. The number of halogens is 2. The topological polar surface area (TPSA) is 54.0 Å². The van der Waals surface area contributed by atoms with Crippen LogP contribution in [-0.4, -0.2) is 17.4 Å². The molecule has 1 heterocycles. The molecule has 1 aromatic heterocycles. The quantitative estimate of drug-likeness (QED) is 0.879. The van der Waals surface area contributed by atoms with Crippen molar-refractivity contribution in [3.63, 3.8) is 0 Å². The van der Waals surface area contributed by atoms with E-state index in [1.165, 1.54) is 24.4 Å². The number of hydrogen-bond acceptors (Lipinski definition) is 3. The highest BCUT2D eigenvalue weighted by molar-refractivity contribution is 6.31. The molecule has 0 aliphatic rings. The zero-order valence-electron chi connectivity index (χ0n) is 11.5. The maximum Gasteiger partial charge on any atom is 0.257 e. The Morgan fingerprint density at radius 1 is 1.33 bits per heavy atom. The van der Waals surface area contributed by atoms with Crippen molar-refractivity contribution in [2.24, 2.45) is 0 Å². The van der Waals surface area contributed by atoms with E-state index in [-0.39, 0.29) is 10.9 Å². The lowest BCUT2D eigenvalue weighted by atomic mass is 10.2. The number of amides is 1. The predicted octanol–water partition coefficient (Wildman–Crippen LogP) is 3.95. The van der Waals surface area contributed by atoms with Crippen LogP contribution in [0.2, 0.25) is 5.02 Å². The van der Waals surface area contributed by atoms with Crippen LogP contribution in [0, 0.1) is 5.82 Å². The second-order valence-corrected chi connectivity index (χ2v) is 4.85. The number of carbonyl (C=O) groups excluding carboxylic acids is 1. The molecule has 0 radical (unpaired) electrons. The lowest BCUT2D eigenvalue weighted by molar-refractivity contribution is 0.102. The van der Waals surface area contributed by atoms with Gasteiger partial charge in [0.25, 0.3) is 5.91 Å². The molecule has 1 amide bonds. The van der Waals surface area contributed by atoms with Crippen LogP contribution in [0.3, 0.4) is 0 Å². The average Bonchev–Trinajstić information content (AvgIpc) is 2.49. The number of carbonyl (C=O) groups is 1. The molecular formula is C15H15ClFN3O. The second kappa shape index (κ2) is 7.04. The highest BCUT2D eigenvalue weighted by Crippen LogP contribution is 2.20. The Kier molecular flexibility index (Phi) is 5.11. The van der Waals surface area contributed by atoms with Gasteiger partial charge in [-0.05, 0) is 36.8 Å². The third-order valence-electron chi connectivity index (χ3n) is 2.76. The first-order chi connectivity index (χ1) is 10.1. The molecule has 0 spiro atoms. The molecule has 0 bridgehead atoms. The number of anilines is 2. The highest BCUT2D eigenvalue weighted by atomic mass is 35.5. The largest absolute Gasteiger partial charge is 0.370 e. The van der Waals surface area contributed by atoms with Crippen molar-refractivity contribution >= 4 is 29.0 Å². The van der Waals surface area contributed by atoms with E-state index < -0.39 is 5.82 Å². The zero-order valence-corrected chi connectivity index (χ0v) is 12.2. The summed E-state index contributed by atoms with van der Waals surface area (Å²) in [5.41, 5.74) is 0.845. The van der Waals surface area contributed by atoms with E-state index in [4.69, 9.17) is 11.6 Å². The number of aromatic nitrogens is 1. The van der Waals surface area contributed by atoms with E-state index in [9.17, 15) is 9.18 Å². The van der Waals surface area contributed by atoms with E-state index >= 15 is 0 Å². The van der Waals surface area contributed by atoms with E-state index in [2.05, 4.69) is 22.5 Å². The number of pyridine rings is 1. The maximum absolute atomic E-state index is 13.0. The molecule has 0 atom stereocenters. The van der Waals surface area contributed by atoms with Gasteiger partial charge in [0.1, 0.15) is 11.6 Å². The standard InChI is InChI=1S/C15H15ClFN3O/c1-2-7-18-14-6-3-10(9-19-14)15(21)20-11-4-5-13(17)12(16)8-11/h3-6,8-9H,2,7H2,1H3,(H,18,19)(H,20,21). The van der Waals surface area contributed by atoms with Gasteiger partial charge in [0.15, 0.2) is 0 Å². The number of benzene rings is 1. The molecule has 0 fully saturated rings. The van der Waals surface area contributed by atoms with Crippen LogP contribution in [0.1, 0.15) is 23.7 Å². The molecule has 1 aromatic carbocycles. The van der Waals surface area contributed by atoms with Crippen molar-refractivity contribution in [2.75, 3.05) is 17.2 Å². The third kappa shape index (κ3) is 4.16. The van der Waals surface area contributed by atoms with Gasteiger partial charge in [-0.25, -0.2) is 9.37 Å². The Bertz CT molecular complexity index is 631. The Morgan fingerprint density at radius 3 is 2.76 bits per heavy atom. The van der Waals surface area contributed by atoms with Gasteiger partial charge in [-0.1, -0.05) is 18.5 Å². The fourth-order valence-electron chi connectivity index (χ4n) is 1.66. The second-order valence-electron chi connectivity index (χ2n) is 4.44. The first-order valence-corrected chi connectivity index (χ1v) is 6.94. The highest BCUT2D eigenvalue weighted by Gasteiger charge is 2.08. The fraction of sp³-hybridized carbons (Fsp3) is 0.200. The first kappa shape index (κ1) is 15.3. The van der Waals surface area contributed by atoms with E-state index in [1.807, 2.05) is 0 Å². The monoisotopic (exact) mass is 307 g/mol. The van der Waals surface area contributed by atoms with Crippen LogP contribution < -0.4 is 10.6 Å². The Morgan fingerprint density at radius 2 is 2.14 bits per heavy atom. The molecule has 2 N–H and O–H groups in total. The molecule has 0 unspecified atom stereocenters. The number of hydrogen-bond donors (Lipinski definition) is 2. The van der Waals surface area contributed by atoms with E-state index in [0.717, 1.165) is 18.8 Å². The van der Waals surface area contributed by atoms with Gasteiger partial charge in [0.2, 0.25) is 0 Å². The minimum atomic E-state index is -0.525. The molecule has 21 heavy (non-hydrogen) atoms. The maximum atomic E-state index is 13.0. The molecule has 110 valence electrons. The summed E-state index contributed by atoms with van der Waals surface area (Å²) in [6.45, 7) is 2.88. The molecule has 0 saturated carbocycles. The van der Waals surface area contributed by atoms with Gasteiger partial charge in [-0.3, -0.25) is 4.79 Å². The van der Waals surface area contributed by atoms with Crippen molar-refractivity contribution in [3.05, 3.63) is 52.9 Å². The lowest BCUT2D eigenvalue weighted by Crippen LogP contribution is -2.12. The predicted molar refractivity (Wildman–Crippen MR) is 82.4 cm³/mol. The normalized spacial score (nSPS) is 10.2. The fourth-order valence-corrected chi connectivity index (χ4v) is 1.84. The molecule has 2 rings (SSSR count). The van der Waals surface area contributed by atoms with Crippen molar-refractivity contribution < 1.29 is 9.18 Å². The van der Waals surface area contributed by atoms with E-state index in [1.54, 1.807) is 12.1 Å². The first-order valence-electron chi connectivity index (χ1n) is 6.56. The van der Waals surface area contributed by atoms with Crippen LogP contribution in [0.5, 0.6) is 0 Å². The van der Waals surface area contributed by atoms with Crippen LogP contribution in [0.25, 0.3) is 0 Å². The van der Waals surface area contributed by atoms with Gasteiger partial charge >= 0.3 is 0 Å². The summed E-state index contributed by atoms with van der Waals surface area (Å²) in [6.07, 6.45) is 2.48. The summed E-state index contributed by atoms with van der Waals surface area (Å²) in [5, 5.41) is 5.72. The van der Waals surface area contributed by atoms with Crippen LogP contribution >= 0.6 is 11.6 Å². The number of nitrogens with one attached hydrogen (secondary N) is 2. The van der Waals surface area contributed by atoms with Crippen molar-refractivity contribution in [1.82, 2.24) is 4.98 Å². The minimum Gasteiger partial charge on any atom is -0.370 e. The SMILES string of the molecule is CCCNc1ccc(C(=O)Nc2ccc(F)c(Cl)c2)cn1. The van der Waals surface area contributed by atoms with Gasteiger partial charge in [0, 0.05) is 18.4 Å². The van der Waals surface area contributed by atoms with Gasteiger partial charge in [-0.15, -0.1) is 0 Å². The zero-order chi connectivity index (χ0) is 15.2. The number of rotatable bonds is 5. The molecule has 0 aliphatic heterocycles. The smallest absolute Gasteiger partial charge is 0.257 e. The van der Waals surface area contributed by atoms with E-state index in [0.29, 0.717) is 11.3 Å². The van der Waals surface area contributed by atoms with Crippen LogP contribution in [0.15, 0.2) is 36.5 Å². The van der Waals surface area contributed by atoms with Gasteiger partial charge in [0.05, 0.1) is 10.6 Å². The summed E-state index contributed by atoms with van der Waals surface area (Å²) < 4.78 is 13.0. The summed E-state index contributed by atoms with van der Waals surface area (Å²) >= 11 is 5.67. The molecular weight excluding hydrogens is 293 g/mol. The third-order valence-corrected chi connectivity index (χ3v) is 3.05. The Hall–Kier alpha value is -2.14. The summed E-state index contributed by atoms with van der Waals surface area (Å²) in [5.74, 6) is -0.131. The van der Waals surface area contributed by atoms with Crippen molar-refractivity contribution in [3.8, 4) is 0 Å². The molecule has 6 heteroatoms. The molecule has 0 saturated heterocycles. The van der Waals surface area contributed by atoms with Crippen LogP contribution in [-0.2, 0) is 0 Å². The summed E-state index contributed by atoms with van der Waals surface area (Å²) in [7, 11) is 0. The average molecular weight is 308 g/mol.